The molecule has 1 fully saturated rings. The Morgan fingerprint density at radius 2 is 2.00 bits per heavy atom. The third-order valence-electron chi connectivity index (χ3n) is 3.89. The number of amidine groups is 1. The van der Waals surface area contributed by atoms with Crippen LogP contribution in [0.4, 0.5) is 4.79 Å². The monoisotopic (exact) mass is 312 g/mol. The third kappa shape index (κ3) is 3.33. The maximum Gasteiger partial charge on any atom is 0.325 e. The van der Waals surface area contributed by atoms with Gasteiger partial charge in [0.2, 0.25) is 0 Å². The molecule has 2 aliphatic rings. The van der Waals surface area contributed by atoms with E-state index in [1.807, 2.05) is 11.8 Å². The largest absolute Gasteiger partial charge is 0.336 e. The second kappa shape index (κ2) is 7.15. The number of aliphatic imine (C=N–C) groups is 1. The number of urea groups is 1. The van der Waals surface area contributed by atoms with Crippen molar-refractivity contribution in [2.24, 2.45) is 4.99 Å². The van der Waals surface area contributed by atoms with Gasteiger partial charge < -0.3 is 9.80 Å². The molecule has 0 aliphatic carbocycles. The van der Waals surface area contributed by atoms with E-state index in [-0.39, 0.29) is 24.1 Å². The minimum Gasteiger partial charge on any atom is -0.336 e. The van der Waals surface area contributed by atoms with E-state index >= 15 is 0 Å². The van der Waals surface area contributed by atoms with Gasteiger partial charge in [-0.15, -0.1) is 0 Å². The number of thioether (sulfide) groups is 1. The second-order valence-corrected chi connectivity index (χ2v) is 6.43. The summed E-state index contributed by atoms with van der Waals surface area (Å²) in [4.78, 5) is 31.9. The van der Waals surface area contributed by atoms with Gasteiger partial charge in [0.1, 0.15) is 0 Å². The summed E-state index contributed by atoms with van der Waals surface area (Å²) in [6.07, 6.45) is 4.49. The van der Waals surface area contributed by atoms with Gasteiger partial charge in [-0.1, -0.05) is 37.9 Å². The van der Waals surface area contributed by atoms with Crippen molar-refractivity contribution < 1.29 is 9.59 Å². The van der Waals surface area contributed by atoms with Crippen LogP contribution in [0.2, 0.25) is 0 Å². The fraction of sp³-hybridized carbons (Fsp3) is 0.786. The van der Waals surface area contributed by atoms with Gasteiger partial charge in [0, 0.05) is 19.3 Å². The topological polar surface area (TPSA) is 65.0 Å². The average Bonchev–Trinajstić information content (AvgIpc) is 2.84. The molecule has 2 heterocycles. The molecule has 2 rings (SSSR count). The lowest BCUT2D eigenvalue weighted by molar-refractivity contribution is -0.127. The smallest absolute Gasteiger partial charge is 0.325 e. The molecule has 1 saturated heterocycles. The van der Waals surface area contributed by atoms with Crippen molar-refractivity contribution in [2.45, 2.75) is 51.7 Å². The zero-order valence-corrected chi connectivity index (χ0v) is 13.8. The molecule has 6 nitrogen and oxygen atoms in total. The molecule has 2 aliphatic heterocycles. The number of hydrogen-bond donors (Lipinski definition) is 1. The molecule has 0 aromatic heterocycles. The number of carbonyl (C=O) groups is 2. The Hall–Kier alpha value is -1.24. The van der Waals surface area contributed by atoms with Gasteiger partial charge in [-0.05, 0) is 13.3 Å². The van der Waals surface area contributed by atoms with E-state index in [1.165, 1.54) is 24.2 Å². The van der Waals surface area contributed by atoms with E-state index in [4.69, 9.17) is 0 Å². The zero-order valence-electron chi connectivity index (χ0n) is 13.0. The molecule has 7 heteroatoms. The normalized spacial score (nSPS) is 25.0. The van der Waals surface area contributed by atoms with Gasteiger partial charge in [-0.25, -0.2) is 9.79 Å². The molecule has 21 heavy (non-hydrogen) atoms. The molecule has 0 aromatic rings. The third-order valence-corrected chi connectivity index (χ3v) is 4.98. The summed E-state index contributed by atoms with van der Waals surface area (Å²) in [6, 6.07) is -0.744. The highest BCUT2D eigenvalue weighted by Crippen LogP contribution is 2.28. The van der Waals surface area contributed by atoms with Crippen LogP contribution < -0.4 is 5.32 Å². The highest BCUT2D eigenvalue weighted by atomic mass is 32.2. The van der Waals surface area contributed by atoms with E-state index in [0.29, 0.717) is 0 Å². The molecule has 0 spiro atoms. The van der Waals surface area contributed by atoms with E-state index in [9.17, 15) is 9.59 Å². The van der Waals surface area contributed by atoms with Gasteiger partial charge in [0.05, 0.1) is 0 Å². The van der Waals surface area contributed by atoms with Crippen LogP contribution in [-0.2, 0) is 4.79 Å². The second-order valence-electron chi connectivity index (χ2n) is 5.37. The van der Waals surface area contributed by atoms with E-state index < -0.39 is 0 Å². The molecule has 2 unspecified atom stereocenters. The van der Waals surface area contributed by atoms with Crippen molar-refractivity contribution in [3.63, 3.8) is 0 Å². The Labute approximate surface area is 130 Å². The number of nitrogens with one attached hydrogen (secondary N) is 1. The quantitative estimate of drug-likeness (QED) is 0.760. The van der Waals surface area contributed by atoms with Gasteiger partial charge in [0.15, 0.2) is 17.4 Å². The number of unbranched alkanes of at least 4 members (excludes halogenated alkanes) is 3. The zero-order chi connectivity index (χ0) is 15.4. The van der Waals surface area contributed by atoms with Crippen LogP contribution in [0.25, 0.3) is 0 Å². The number of carbonyl (C=O) groups excluding carboxylic acids is 2. The Morgan fingerprint density at radius 1 is 1.24 bits per heavy atom. The predicted molar refractivity (Wildman–Crippen MR) is 85.3 cm³/mol. The fourth-order valence-electron chi connectivity index (χ4n) is 2.65. The molecular weight excluding hydrogens is 288 g/mol. The summed E-state index contributed by atoms with van der Waals surface area (Å²) in [5.74, 6) is 0.768. The van der Waals surface area contributed by atoms with Crippen molar-refractivity contribution in [2.75, 3.05) is 19.3 Å². The summed E-state index contributed by atoms with van der Waals surface area (Å²) in [5.41, 5.74) is 0. The Balaban J connectivity index is 2.00. The molecule has 1 N–H and O–H groups in total. The first-order valence-electron chi connectivity index (χ1n) is 7.65. The number of fused-ring (bicyclic) bond motifs is 1. The van der Waals surface area contributed by atoms with E-state index in [2.05, 4.69) is 17.2 Å². The van der Waals surface area contributed by atoms with Gasteiger partial charge >= 0.3 is 6.03 Å². The van der Waals surface area contributed by atoms with Crippen molar-refractivity contribution in [1.29, 1.82) is 0 Å². The maximum atomic E-state index is 12.1. The van der Waals surface area contributed by atoms with Crippen molar-refractivity contribution in [3.05, 3.63) is 0 Å². The molecule has 0 saturated carbocycles. The summed E-state index contributed by atoms with van der Waals surface area (Å²) < 4.78 is 0. The lowest BCUT2D eigenvalue weighted by Crippen LogP contribution is -2.63. The number of rotatable bonds is 6. The van der Waals surface area contributed by atoms with Crippen LogP contribution >= 0.6 is 11.8 Å². The van der Waals surface area contributed by atoms with Gasteiger partial charge in [0.25, 0.3) is 5.91 Å². The number of hydrogen-bond acceptors (Lipinski definition) is 5. The lowest BCUT2D eigenvalue weighted by atomic mass is 10.1. The van der Waals surface area contributed by atoms with Crippen LogP contribution in [0.3, 0.4) is 0 Å². The van der Waals surface area contributed by atoms with Crippen LogP contribution in [0.15, 0.2) is 4.99 Å². The molecule has 3 amide bonds. The minimum absolute atomic E-state index is 0.240. The Bertz CT molecular complexity index is 441. The van der Waals surface area contributed by atoms with Crippen molar-refractivity contribution in [1.82, 2.24) is 15.1 Å². The number of nitrogens with zero attached hydrogens (tertiary/aromatic N) is 3. The SMILES string of the molecule is CCCCCCSC1=NC2C(C(=O)NC(=O)N2C)N1CC. The van der Waals surface area contributed by atoms with Gasteiger partial charge in [-0.2, -0.15) is 0 Å². The molecule has 0 aromatic carbocycles. The number of imide groups is 1. The highest BCUT2D eigenvalue weighted by Gasteiger charge is 2.47. The molecule has 118 valence electrons. The first-order chi connectivity index (χ1) is 10.1. The number of likely N-dealkylation sites (N-methyl/N-ethyl adjacent to an activating group) is 2. The first kappa shape index (κ1) is 16.1. The summed E-state index contributed by atoms with van der Waals surface area (Å²) in [5, 5.41) is 3.28. The highest BCUT2D eigenvalue weighted by molar-refractivity contribution is 8.13. The summed E-state index contributed by atoms with van der Waals surface area (Å²) >= 11 is 1.70. The Morgan fingerprint density at radius 3 is 2.67 bits per heavy atom. The van der Waals surface area contributed by atoms with E-state index in [1.54, 1.807) is 18.8 Å². The molecular formula is C14H24N4O2S. The van der Waals surface area contributed by atoms with Crippen LogP contribution in [0, 0.1) is 0 Å². The predicted octanol–water partition coefficient (Wildman–Crippen LogP) is 1.87. The van der Waals surface area contributed by atoms with Crippen LogP contribution in [0.5, 0.6) is 0 Å². The lowest BCUT2D eigenvalue weighted by Gasteiger charge is -2.35. The maximum absolute atomic E-state index is 12.1. The molecule has 2 atom stereocenters. The van der Waals surface area contributed by atoms with Crippen LogP contribution in [-0.4, -0.2) is 58.5 Å². The Kier molecular flexibility index (Phi) is 5.50. The molecule has 0 bridgehead atoms. The fourth-order valence-corrected chi connectivity index (χ4v) is 3.77. The average molecular weight is 312 g/mol. The van der Waals surface area contributed by atoms with Crippen molar-refractivity contribution >= 4 is 28.9 Å². The first-order valence-corrected chi connectivity index (χ1v) is 8.63. The summed E-state index contributed by atoms with van der Waals surface area (Å²) in [7, 11) is 1.69. The van der Waals surface area contributed by atoms with Crippen molar-refractivity contribution in [3.8, 4) is 0 Å². The summed E-state index contributed by atoms with van der Waals surface area (Å²) in [6.45, 7) is 4.93. The minimum atomic E-state index is -0.385. The standard InChI is InChI=1S/C14H24N4O2S/c1-4-6-7-8-9-21-14-15-11-10(18(14)5-2)12(19)16-13(20)17(11)3/h10-11H,4-9H2,1-3H3,(H,16,19,20). The van der Waals surface area contributed by atoms with Gasteiger partial charge in [-0.3, -0.25) is 10.1 Å². The molecule has 0 radical (unpaired) electrons. The van der Waals surface area contributed by atoms with Crippen LogP contribution in [0.1, 0.15) is 39.5 Å². The van der Waals surface area contributed by atoms with E-state index in [0.717, 1.165) is 23.9 Å². The number of amides is 3.